The Morgan fingerprint density at radius 2 is 1.18 bits per heavy atom. The summed E-state index contributed by atoms with van der Waals surface area (Å²) in [7, 11) is 0. The molecular formula is C24H20S4. The smallest absolute Gasteiger partial charge is 0.0571 e. The first kappa shape index (κ1) is 18.8. The monoisotopic (exact) mass is 436 g/mol. The molecule has 0 radical (unpaired) electrons. The van der Waals surface area contributed by atoms with Crippen molar-refractivity contribution in [3.05, 3.63) is 80.1 Å². The van der Waals surface area contributed by atoms with Crippen LogP contribution in [0, 0.1) is 0 Å². The molecule has 0 amide bonds. The molecule has 0 fully saturated rings. The highest BCUT2D eigenvalue weighted by Gasteiger charge is 2.16. The Bertz CT molecular complexity index is 1250. The van der Waals surface area contributed by atoms with Gasteiger partial charge in [-0.2, -0.15) is 0 Å². The molecule has 2 aliphatic heterocycles. The highest BCUT2D eigenvalue weighted by molar-refractivity contribution is 8.35. The lowest BCUT2D eigenvalue weighted by molar-refractivity contribution is 0.735. The Balaban J connectivity index is 2.03. The zero-order valence-corrected chi connectivity index (χ0v) is 19.0. The molecule has 3 aromatic carbocycles. The summed E-state index contributed by atoms with van der Waals surface area (Å²) in [5.41, 5.74) is 1.44. The van der Waals surface area contributed by atoms with Crippen LogP contribution in [0.2, 0.25) is 0 Å². The average Bonchev–Trinajstić information content (AvgIpc) is 3.45. The van der Waals surface area contributed by atoms with Crippen LogP contribution in [0.25, 0.3) is 30.0 Å². The molecule has 1 atom stereocenters. The minimum absolute atomic E-state index is 0.573. The maximum absolute atomic E-state index is 2.46. The Morgan fingerprint density at radius 1 is 0.679 bits per heavy atom. The van der Waals surface area contributed by atoms with Crippen LogP contribution < -0.4 is 10.4 Å². The van der Waals surface area contributed by atoms with Gasteiger partial charge >= 0.3 is 0 Å². The quantitative estimate of drug-likeness (QED) is 0.380. The van der Waals surface area contributed by atoms with Crippen LogP contribution >= 0.6 is 47.0 Å². The Kier molecular flexibility index (Phi) is 5.31. The third-order valence-electron chi connectivity index (χ3n) is 5.45. The van der Waals surface area contributed by atoms with Crippen molar-refractivity contribution in [2.75, 3.05) is 0 Å². The van der Waals surface area contributed by atoms with E-state index < -0.39 is 0 Å². The molecule has 0 aromatic heterocycles. The van der Waals surface area contributed by atoms with Crippen molar-refractivity contribution in [2.24, 2.45) is 0 Å². The van der Waals surface area contributed by atoms with Crippen molar-refractivity contribution in [1.29, 1.82) is 0 Å². The molecule has 0 bridgehead atoms. The van der Waals surface area contributed by atoms with Gasteiger partial charge in [-0.15, -0.1) is 0 Å². The molecule has 2 heterocycles. The van der Waals surface area contributed by atoms with E-state index in [9.17, 15) is 0 Å². The molecule has 2 aliphatic rings. The fourth-order valence-corrected chi connectivity index (χ4v) is 7.67. The molecule has 1 unspecified atom stereocenters. The zero-order chi connectivity index (χ0) is 19.1. The summed E-state index contributed by atoms with van der Waals surface area (Å²) in [6.07, 6.45) is 1.16. The Labute approximate surface area is 182 Å². The highest BCUT2D eigenvalue weighted by atomic mass is 32.2. The largest absolute Gasteiger partial charge is 0.0895 e. The molecule has 3 aromatic rings. The topological polar surface area (TPSA) is 0 Å². The third-order valence-corrected chi connectivity index (χ3v) is 9.71. The molecule has 5 rings (SSSR count). The molecule has 0 saturated carbocycles. The van der Waals surface area contributed by atoms with Gasteiger partial charge in [-0.1, -0.05) is 103 Å². The summed E-state index contributed by atoms with van der Waals surface area (Å²) in [6, 6.07) is 16.1. The lowest BCUT2D eigenvalue weighted by Crippen LogP contribution is -2.17. The normalized spacial score (nSPS) is 17.4. The molecule has 4 heteroatoms. The van der Waals surface area contributed by atoms with Crippen molar-refractivity contribution in [2.45, 2.75) is 26.2 Å². The fourth-order valence-electron chi connectivity index (χ4n) is 3.83. The van der Waals surface area contributed by atoms with Crippen molar-refractivity contribution in [1.82, 2.24) is 0 Å². The lowest BCUT2D eigenvalue weighted by Gasteiger charge is -2.14. The van der Waals surface area contributed by atoms with E-state index in [4.69, 9.17) is 0 Å². The van der Waals surface area contributed by atoms with Gasteiger partial charge in [0.15, 0.2) is 0 Å². The van der Waals surface area contributed by atoms with Gasteiger partial charge in [-0.05, 0) is 61.1 Å². The van der Waals surface area contributed by atoms with Crippen molar-refractivity contribution in [3.8, 4) is 0 Å². The molecule has 140 valence electrons. The molecule has 28 heavy (non-hydrogen) atoms. The molecule has 0 N–H and O–H groups in total. The fraction of sp³-hybridized carbons (Fsp3) is 0.167. The van der Waals surface area contributed by atoms with Gasteiger partial charge < -0.3 is 0 Å². The van der Waals surface area contributed by atoms with Crippen LogP contribution in [0.3, 0.4) is 0 Å². The van der Waals surface area contributed by atoms with E-state index in [0.717, 1.165) is 6.42 Å². The number of rotatable bonds is 2. The van der Waals surface area contributed by atoms with E-state index in [-0.39, 0.29) is 0 Å². The second-order valence-electron chi connectivity index (χ2n) is 7.00. The van der Waals surface area contributed by atoms with Gasteiger partial charge in [0.05, 0.1) is 8.47 Å². The van der Waals surface area contributed by atoms with Crippen molar-refractivity contribution >= 4 is 77.1 Å². The van der Waals surface area contributed by atoms with Crippen LogP contribution in [0.1, 0.15) is 31.7 Å². The molecule has 0 aliphatic carbocycles. The summed E-state index contributed by atoms with van der Waals surface area (Å²) in [6.45, 7) is 4.61. The van der Waals surface area contributed by atoms with Crippen molar-refractivity contribution in [3.63, 3.8) is 0 Å². The lowest BCUT2D eigenvalue weighted by atomic mass is 9.92. The second kappa shape index (κ2) is 7.91. The minimum Gasteiger partial charge on any atom is -0.0895 e. The maximum atomic E-state index is 2.46. The molecule has 0 saturated heterocycles. The van der Waals surface area contributed by atoms with Crippen LogP contribution in [0.15, 0.2) is 64.1 Å². The predicted molar refractivity (Wildman–Crippen MR) is 135 cm³/mol. The van der Waals surface area contributed by atoms with E-state index in [1.165, 1.54) is 46.0 Å². The molecule has 0 nitrogen and oxygen atoms in total. The summed E-state index contributed by atoms with van der Waals surface area (Å²) >= 11 is 7.40. The van der Waals surface area contributed by atoms with Gasteiger partial charge in [0.1, 0.15) is 0 Å². The van der Waals surface area contributed by atoms with Gasteiger partial charge in [-0.3, -0.25) is 0 Å². The molecular weight excluding hydrogens is 417 g/mol. The van der Waals surface area contributed by atoms with Crippen molar-refractivity contribution < 1.29 is 0 Å². The molecule has 0 spiro atoms. The summed E-state index contributed by atoms with van der Waals surface area (Å²) in [4.78, 5) is 0. The van der Waals surface area contributed by atoms with Crippen LogP contribution in [0.4, 0.5) is 0 Å². The van der Waals surface area contributed by atoms with E-state index in [2.05, 4.69) is 77.9 Å². The minimum atomic E-state index is 0.573. The van der Waals surface area contributed by atoms with E-state index >= 15 is 0 Å². The number of benzene rings is 3. The van der Waals surface area contributed by atoms with Gasteiger partial charge in [-0.25, -0.2) is 0 Å². The number of thioether (sulfide) groups is 4. The number of hydrogen-bond donors (Lipinski definition) is 0. The first-order chi connectivity index (χ1) is 13.8. The zero-order valence-electron chi connectivity index (χ0n) is 15.8. The predicted octanol–water partition coefficient (Wildman–Crippen LogP) is 7.54. The van der Waals surface area contributed by atoms with Crippen LogP contribution in [-0.4, -0.2) is 0 Å². The number of hydrogen-bond acceptors (Lipinski definition) is 4. The van der Waals surface area contributed by atoms with Crippen LogP contribution in [-0.2, 0) is 0 Å². The SMILES string of the molecule is CCC(C)c1ccc2c(=C3SC=CS3)c3ccccc3c(=C3SC=CS3)c2c1. The van der Waals surface area contributed by atoms with Gasteiger partial charge in [0, 0.05) is 10.4 Å². The summed E-state index contributed by atoms with van der Waals surface area (Å²) in [5, 5.41) is 17.1. The summed E-state index contributed by atoms with van der Waals surface area (Å²) < 4.78 is 2.78. The maximum Gasteiger partial charge on any atom is 0.0571 e. The van der Waals surface area contributed by atoms with Gasteiger partial charge in [0.25, 0.3) is 0 Å². The highest BCUT2D eigenvalue weighted by Crippen LogP contribution is 2.41. The Hall–Kier alpha value is -1.20. The summed E-state index contributed by atoms with van der Waals surface area (Å²) in [5.74, 6) is 0.573. The van der Waals surface area contributed by atoms with Crippen LogP contribution in [0.5, 0.6) is 0 Å². The van der Waals surface area contributed by atoms with E-state index in [0.29, 0.717) is 5.92 Å². The first-order valence-electron chi connectivity index (χ1n) is 9.47. The Morgan fingerprint density at radius 3 is 1.71 bits per heavy atom. The van der Waals surface area contributed by atoms with E-state index in [1.807, 2.05) is 47.0 Å². The first-order valence-corrected chi connectivity index (χ1v) is 13.0. The second-order valence-corrected chi connectivity index (χ2v) is 11.2. The average molecular weight is 437 g/mol. The van der Waals surface area contributed by atoms with Gasteiger partial charge in [0.2, 0.25) is 0 Å². The standard InChI is InChI=1S/C24H20S4/c1-3-15(2)16-8-9-19-20(14-16)22(24-27-12-13-28-24)18-7-5-4-6-17(18)21(19)23-25-10-11-26-23/h4-15H,3H2,1-2H3. The number of fused-ring (bicyclic) bond motifs is 2. The third kappa shape index (κ3) is 3.15. The van der Waals surface area contributed by atoms with E-state index in [1.54, 1.807) is 0 Å².